The average Bonchev–Trinajstić information content (AvgIpc) is 2.54. The zero-order valence-corrected chi connectivity index (χ0v) is 16.1. The van der Waals surface area contributed by atoms with Gasteiger partial charge in [0.25, 0.3) is 0 Å². The maximum Gasteiger partial charge on any atom is 0.230 e. The van der Waals surface area contributed by atoms with Crippen LogP contribution in [0.3, 0.4) is 0 Å². The lowest BCUT2D eigenvalue weighted by Crippen LogP contribution is -2.51. The maximum absolute atomic E-state index is 13.0. The first-order chi connectivity index (χ1) is 10.8. The van der Waals surface area contributed by atoms with Crippen LogP contribution in [0, 0.1) is 12.3 Å². The van der Waals surface area contributed by atoms with Crippen LogP contribution < -0.4 is 5.73 Å². The average molecular weight is 355 g/mol. The molecule has 2 N–H and O–H groups in total. The number of carbonyl (C=O) groups excluding carboxylic acids is 1. The molecule has 0 saturated carbocycles. The van der Waals surface area contributed by atoms with Gasteiger partial charge in [-0.05, 0) is 25.3 Å². The van der Waals surface area contributed by atoms with Crippen LogP contribution in [-0.2, 0) is 14.9 Å². The molecule has 1 aliphatic rings. The molecule has 1 amide bonds. The van der Waals surface area contributed by atoms with E-state index in [1.807, 2.05) is 11.9 Å². The SMILES string of the molecule is Cc1ccc(C(C)(C)CN(C)C(=O)C2(CN)CCOCC2)cc1.Cl. The Balaban J connectivity index is 0.00000288. The van der Waals surface area contributed by atoms with Crippen LogP contribution in [0.2, 0.25) is 0 Å². The normalized spacial score (nSPS) is 17.0. The van der Waals surface area contributed by atoms with Crippen molar-refractivity contribution in [3.63, 3.8) is 0 Å². The predicted octanol–water partition coefficient (Wildman–Crippen LogP) is 2.91. The summed E-state index contributed by atoms with van der Waals surface area (Å²) in [4.78, 5) is 14.9. The highest BCUT2D eigenvalue weighted by Crippen LogP contribution is 2.33. The molecule has 5 heteroatoms. The van der Waals surface area contributed by atoms with Crippen molar-refractivity contribution in [2.45, 2.75) is 39.0 Å². The van der Waals surface area contributed by atoms with E-state index in [1.165, 1.54) is 11.1 Å². The molecule has 0 spiro atoms. The summed E-state index contributed by atoms with van der Waals surface area (Å²) < 4.78 is 5.41. The zero-order valence-electron chi connectivity index (χ0n) is 15.3. The second-order valence-electron chi connectivity index (χ2n) is 7.51. The fourth-order valence-electron chi connectivity index (χ4n) is 3.43. The summed E-state index contributed by atoms with van der Waals surface area (Å²) in [7, 11) is 1.89. The van der Waals surface area contributed by atoms with E-state index in [0.29, 0.717) is 26.3 Å². The van der Waals surface area contributed by atoms with Gasteiger partial charge in [0.1, 0.15) is 0 Å². The van der Waals surface area contributed by atoms with Crippen molar-refractivity contribution in [2.24, 2.45) is 11.1 Å². The first kappa shape index (κ1) is 20.9. The number of halogens is 1. The highest BCUT2D eigenvalue weighted by Gasteiger charge is 2.41. The molecule has 0 atom stereocenters. The predicted molar refractivity (Wildman–Crippen MR) is 101 cm³/mol. The quantitative estimate of drug-likeness (QED) is 0.884. The lowest BCUT2D eigenvalue weighted by molar-refractivity contribution is -0.146. The first-order valence-electron chi connectivity index (χ1n) is 8.41. The zero-order chi connectivity index (χ0) is 17.1. The largest absolute Gasteiger partial charge is 0.381 e. The monoisotopic (exact) mass is 354 g/mol. The molecule has 0 aliphatic carbocycles. The molecule has 1 fully saturated rings. The molecule has 1 aromatic rings. The third kappa shape index (κ3) is 4.50. The van der Waals surface area contributed by atoms with Gasteiger partial charge in [0.15, 0.2) is 0 Å². The lowest BCUT2D eigenvalue weighted by atomic mass is 9.78. The molecule has 1 saturated heterocycles. The van der Waals surface area contributed by atoms with Crippen LogP contribution >= 0.6 is 12.4 Å². The molecular formula is C19H31ClN2O2. The molecular weight excluding hydrogens is 324 g/mol. The standard InChI is InChI=1S/C19H30N2O2.ClH/c1-15-5-7-16(8-6-15)18(2,3)14-21(4)17(22)19(13-20)9-11-23-12-10-19;/h5-8H,9-14,20H2,1-4H3;1H. The number of nitrogens with two attached hydrogens (primary N) is 1. The number of amides is 1. The Morgan fingerprint density at radius 1 is 1.25 bits per heavy atom. The Bertz CT molecular complexity index is 537. The molecule has 0 aromatic heterocycles. The highest BCUT2D eigenvalue weighted by atomic mass is 35.5. The minimum absolute atomic E-state index is 0. The van der Waals surface area contributed by atoms with Gasteiger partial charge in [0.05, 0.1) is 5.41 Å². The summed E-state index contributed by atoms with van der Waals surface area (Å²) in [6, 6.07) is 8.55. The number of nitrogens with zero attached hydrogens (tertiary/aromatic N) is 1. The Kier molecular flexibility index (Phi) is 7.26. The minimum atomic E-state index is -0.448. The van der Waals surface area contributed by atoms with Crippen molar-refractivity contribution < 1.29 is 9.53 Å². The fourth-order valence-corrected chi connectivity index (χ4v) is 3.43. The second kappa shape index (κ2) is 8.32. The van der Waals surface area contributed by atoms with Gasteiger partial charge in [-0.3, -0.25) is 4.79 Å². The number of ether oxygens (including phenoxy) is 1. The van der Waals surface area contributed by atoms with Crippen molar-refractivity contribution in [3.8, 4) is 0 Å². The maximum atomic E-state index is 13.0. The second-order valence-corrected chi connectivity index (χ2v) is 7.51. The van der Waals surface area contributed by atoms with E-state index in [9.17, 15) is 4.79 Å². The van der Waals surface area contributed by atoms with E-state index in [4.69, 9.17) is 10.5 Å². The van der Waals surface area contributed by atoms with Crippen molar-refractivity contribution in [1.29, 1.82) is 0 Å². The fraction of sp³-hybridized carbons (Fsp3) is 0.632. The van der Waals surface area contributed by atoms with E-state index >= 15 is 0 Å². The molecule has 0 radical (unpaired) electrons. The van der Waals surface area contributed by atoms with Crippen LogP contribution in [0.4, 0.5) is 0 Å². The molecule has 2 rings (SSSR count). The Morgan fingerprint density at radius 3 is 2.29 bits per heavy atom. The van der Waals surface area contributed by atoms with Gasteiger partial charge >= 0.3 is 0 Å². The van der Waals surface area contributed by atoms with Gasteiger partial charge in [-0.15, -0.1) is 12.4 Å². The van der Waals surface area contributed by atoms with Gasteiger partial charge in [0.2, 0.25) is 5.91 Å². The summed E-state index contributed by atoms with van der Waals surface area (Å²) >= 11 is 0. The Hall–Kier alpha value is -1.10. The van der Waals surface area contributed by atoms with Crippen LogP contribution in [0.5, 0.6) is 0 Å². The summed E-state index contributed by atoms with van der Waals surface area (Å²) in [5.74, 6) is 0.156. The van der Waals surface area contributed by atoms with E-state index < -0.39 is 5.41 Å². The van der Waals surface area contributed by atoms with E-state index in [0.717, 1.165) is 12.8 Å². The van der Waals surface area contributed by atoms with Crippen LogP contribution in [0.1, 0.15) is 37.8 Å². The van der Waals surface area contributed by atoms with Crippen LogP contribution in [0.25, 0.3) is 0 Å². The number of benzene rings is 1. The van der Waals surface area contributed by atoms with E-state index in [1.54, 1.807) is 0 Å². The molecule has 136 valence electrons. The number of carbonyl (C=O) groups is 1. The topological polar surface area (TPSA) is 55.6 Å². The molecule has 24 heavy (non-hydrogen) atoms. The smallest absolute Gasteiger partial charge is 0.230 e. The molecule has 0 bridgehead atoms. The molecule has 1 heterocycles. The number of hydrogen-bond donors (Lipinski definition) is 1. The van der Waals surface area contributed by atoms with E-state index in [2.05, 4.69) is 45.0 Å². The van der Waals surface area contributed by atoms with Crippen molar-refractivity contribution in [3.05, 3.63) is 35.4 Å². The van der Waals surface area contributed by atoms with Crippen molar-refractivity contribution >= 4 is 18.3 Å². The van der Waals surface area contributed by atoms with Crippen LogP contribution in [0.15, 0.2) is 24.3 Å². The summed E-state index contributed by atoms with van der Waals surface area (Å²) in [5.41, 5.74) is 7.91. The van der Waals surface area contributed by atoms with Gasteiger partial charge in [-0.2, -0.15) is 0 Å². The first-order valence-corrected chi connectivity index (χ1v) is 8.41. The minimum Gasteiger partial charge on any atom is -0.381 e. The van der Waals surface area contributed by atoms with Gasteiger partial charge in [0, 0.05) is 38.8 Å². The summed E-state index contributed by atoms with van der Waals surface area (Å²) in [5, 5.41) is 0. The third-order valence-electron chi connectivity index (χ3n) is 5.11. The number of likely N-dealkylation sites (N-methyl/N-ethyl adjacent to an activating group) is 1. The third-order valence-corrected chi connectivity index (χ3v) is 5.11. The molecule has 0 unspecified atom stereocenters. The number of rotatable bonds is 5. The van der Waals surface area contributed by atoms with Gasteiger partial charge in [-0.25, -0.2) is 0 Å². The number of hydrogen-bond acceptors (Lipinski definition) is 3. The number of aryl methyl sites for hydroxylation is 1. The highest BCUT2D eigenvalue weighted by molar-refractivity contribution is 5.85. The van der Waals surface area contributed by atoms with Gasteiger partial charge in [-0.1, -0.05) is 43.7 Å². The molecule has 1 aliphatic heterocycles. The Morgan fingerprint density at radius 2 is 1.79 bits per heavy atom. The lowest BCUT2D eigenvalue weighted by Gasteiger charge is -2.40. The Labute approximate surface area is 152 Å². The van der Waals surface area contributed by atoms with Crippen molar-refractivity contribution in [2.75, 3.05) is 33.4 Å². The van der Waals surface area contributed by atoms with Gasteiger partial charge < -0.3 is 15.4 Å². The van der Waals surface area contributed by atoms with Crippen molar-refractivity contribution in [1.82, 2.24) is 4.90 Å². The van der Waals surface area contributed by atoms with E-state index in [-0.39, 0.29) is 23.7 Å². The summed E-state index contributed by atoms with van der Waals surface area (Å²) in [6.45, 7) is 8.77. The molecule has 4 nitrogen and oxygen atoms in total. The summed E-state index contributed by atoms with van der Waals surface area (Å²) in [6.07, 6.45) is 1.44. The van der Waals surface area contributed by atoms with Crippen LogP contribution in [-0.4, -0.2) is 44.2 Å². The molecule has 1 aromatic carbocycles.